The number of hydrogen-bond acceptors (Lipinski definition) is 7. The number of hydrogen-bond donors (Lipinski definition) is 0. The molecule has 146 valence electrons. The lowest BCUT2D eigenvalue weighted by Crippen LogP contribution is -2.51. The molecule has 1 aliphatic heterocycles. The molecule has 3 aromatic heterocycles. The molecule has 0 aliphatic carbocycles. The number of rotatable bonds is 5. The Morgan fingerprint density at radius 3 is 2.71 bits per heavy atom. The first-order chi connectivity index (χ1) is 13.7. The Morgan fingerprint density at radius 2 is 2.00 bits per heavy atom. The number of fused-ring (bicyclic) bond motifs is 1. The zero-order valence-electron chi connectivity index (χ0n) is 15.5. The second kappa shape index (κ2) is 8.32. The predicted molar refractivity (Wildman–Crippen MR) is 109 cm³/mol. The van der Waals surface area contributed by atoms with Gasteiger partial charge in [-0.15, -0.1) is 11.3 Å². The van der Waals surface area contributed by atoms with E-state index in [-0.39, 0.29) is 11.8 Å². The van der Waals surface area contributed by atoms with Gasteiger partial charge in [-0.05, 0) is 24.6 Å². The molecule has 0 N–H and O–H groups in total. The third-order valence-electron chi connectivity index (χ3n) is 4.68. The fourth-order valence-corrected chi connectivity index (χ4v) is 4.98. The standard InChI is InChI=1S/C19H20N4O3S2/c1-2-13-10-14-17(20-12-21-18(14)28-13)27-11-16(24)22-5-7-23(8-6-22)19(25)15-4-3-9-26-15/h3-4,9-10,12H,2,5-8,11H2,1H3. The molecule has 0 atom stereocenters. The van der Waals surface area contributed by atoms with Crippen LogP contribution in [0.4, 0.5) is 0 Å². The van der Waals surface area contributed by atoms with Gasteiger partial charge in [0, 0.05) is 36.4 Å². The molecule has 0 saturated carbocycles. The molecule has 0 aromatic carbocycles. The van der Waals surface area contributed by atoms with E-state index < -0.39 is 0 Å². The number of thioether (sulfide) groups is 1. The Morgan fingerprint density at radius 1 is 1.21 bits per heavy atom. The summed E-state index contributed by atoms with van der Waals surface area (Å²) in [5, 5.41) is 1.87. The molecule has 28 heavy (non-hydrogen) atoms. The lowest BCUT2D eigenvalue weighted by molar-refractivity contribution is -0.129. The summed E-state index contributed by atoms with van der Waals surface area (Å²) < 4.78 is 5.17. The Kier molecular flexibility index (Phi) is 5.63. The van der Waals surface area contributed by atoms with Gasteiger partial charge in [0.2, 0.25) is 5.91 Å². The molecule has 0 unspecified atom stereocenters. The molecule has 1 aliphatic rings. The molecule has 0 radical (unpaired) electrons. The van der Waals surface area contributed by atoms with Crippen LogP contribution in [-0.2, 0) is 11.2 Å². The first kappa shape index (κ1) is 18.9. The number of carbonyl (C=O) groups is 2. The van der Waals surface area contributed by atoms with E-state index in [4.69, 9.17) is 4.42 Å². The summed E-state index contributed by atoms with van der Waals surface area (Å²) in [6.07, 6.45) is 4.01. The Balaban J connectivity index is 1.33. The first-order valence-corrected chi connectivity index (χ1v) is 10.9. The largest absolute Gasteiger partial charge is 0.459 e. The second-order valence-electron chi connectivity index (χ2n) is 6.40. The summed E-state index contributed by atoms with van der Waals surface area (Å²) in [4.78, 5) is 39.4. The number of amides is 2. The molecule has 2 amide bonds. The Bertz CT molecular complexity index is 978. The van der Waals surface area contributed by atoms with Crippen LogP contribution in [0.15, 0.2) is 40.2 Å². The number of piperazine rings is 1. The average molecular weight is 417 g/mol. The summed E-state index contributed by atoms with van der Waals surface area (Å²) >= 11 is 3.12. The molecule has 3 aromatic rings. The van der Waals surface area contributed by atoms with E-state index in [1.165, 1.54) is 22.9 Å². The van der Waals surface area contributed by atoms with Gasteiger partial charge in [-0.1, -0.05) is 18.7 Å². The van der Waals surface area contributed by atoms with E-state index >= 15 is 0 Å². The number of nitrogens with zero attached hydrogens (tertiary/aromatic N) is 4. The lowest BCUT2D eigenvalue weighted by Gasteiger charge is -2.34. The summed E-state index contributed by atoms with van der Waals surface area (Å²) in [6, 6.07) is 5.48. The van der Waals surface area contributed by atoms with Crippen molar-refractivity contribution in [3.05, 3.63) is 41.4 Å². The second-order valence-corrected chi connectivity index (χ2v) is 8.48. The molecule has 1 saturated heterocycles. The molecule has 7 nitrogen and oxygen atoms in total. The van der Waals surface area contributed by atoms with Crippen LogP contribution in [0.2, 0.25) is 0 Å². The van der Waals surface area contributed by atoms with Crippen LogP contribution >= 0.6 is 23.1 Å². The van der Waals surface area contributed by atoms with E-state index in [2.05, 4.69) is 23.0 Å². The molecule has 4 heterocycles. The quantitative estimate of drug-likeness (QED) is 0.470. The third-order valence-corrected chi connectivity index (χ3v) is 6.85. The Hall–Kier alpha value is -2.39. The Labute approximate surface area is 170 Å². The van der Waals surface area contributed by atoms with E-state index in [0.29, 0.717) is 37.7 Å². The smallest absolute Gasteiger partial charge is 0.289 e. The zero-order chi connectivity index (χ0) is 19.5. The van der Waals surface area contributed by atoms with Gasteiger partial charge < -0.3 is 14.2 Å². The van der Waals surface area contributed by atoms with E-state index in [0.717, 1.165) is 21.7 Å². The van der Waals surface area contributed by atoms with Crippen LogP contribution in [-0.4, -0.2) is 63.5 Å². The third kappa shape index (κ3) is 3.90. The van der Waals surface area contributed by atoms with E-state index in [1.807, 2.05) is 4.90 Å². The maximum Gasteiger partial charge on any atom is 0.289 e. The average Bonchev–Trinajstić information content (AvgIpc) is 3.41. The first-order valence-electron chi connectivity index (χ1n) is 9.12. The highest BCUT2D eigenvalue weighted by atomic mass is 32.2. The normalized spacial score (nSPS) is 14.6. The summed E-state index contributed by atoms with van der Waals surface area (Å²) in [5.74, 6) is 0.604. The molecule has 0 spiro atoms. The van der Waals surface area contributed by atoms with Crippen LogP contribution < -0.4 is 0 Å². The van der Waals surface area contributed by atoms with Crippen molar-refractivity contribution in [3.8, 4) is 0 Å². The SMILES string of the molecule is CCc1cc2c(SCC(=O)N3CCN(C(=O)c4ccco4)CC3)ncnc2s1. The highest BCUT2D eigenvalue weighted by molar-refractivity contribution is 8.00. The van der Waals surface area contributed by atoms with Crippen LogP contribution in [0.3, 0.4) is 0 Å². The number of aryl methyl sites for hydroxylation is 1. The summed E-state index contributed by atoms with van der Waals surface area (Å²) in [7, 11) is 0. The van der Waals surface area contributed by atoms with Gasteiger partial charge >= 0.3 is 0 Å². The van der Waals surface area contributed by atoms with Gasteiger partial charge in [-0.3, -0.25) is 9.59 Å². The van der Waals surface area contributed by atoms with Crippen molar-refractivity contribution in [2.24, 2.45) is 0 Å². The minimum atomic E-state index is -0.126. The molecular formula is C19H20N4O3S2. The lowest BCUT2D eigenvalue weighted by atomic mass is 10.3. The molecule has 0 bridgehead atoms. The number of thiophene rings is 1. The van der Waals surface area contributed by atoms with Crippen molar-refractivity contribution in [2.75, 3.05) is 31.9 Å². The predicted octanol–water partition coefficient (Wildman–Crippen LogP) is 2.92. The van der Waals surface area contributed by atoms with Gasteiger partial charge in [0.15, 0.2) is 5.76 Å². The van der Waals surface area contributed by atoms with Crippen LogP contribution in [0, 0.1) is 0 Å². The number of aromatic nitrogens is 2. The highest BCUT2D eigenvalue weighted by Crippen LogP contribution is 2.31. The van der Waals surface area contributed by atoms with Crippen LogP contribution in [0.1, 0.15) is 22.4 Å². The van der Waals surface area contributed by atoms with Crippen LogP contribution in [0.5, 0.6) is 0 Å². The molecule has 1 fully saturated rings. The minimum absolute atomic E-state index is 0.0628. The number of furan rings is 1. The summed E-state index contributed by atoms with van der Waals surface area (Å²) in [6.45, 7) is 4.20. The summed E-state index contributed by atoms with van der Waals surface area (Å²) in [5.41, 5.74) is 0. The molecule has 9 heteroatoms. The van der Waals surface area contributed by atoms with Crippen LogP contribution in [0.25, 0.3) is 10.2 Å². The zero-order valence-corrected chi connectivity index (χ0v) is 17.1. The van der Waals surface area contributed by atoms with Gasteiger partial charge in [0.1, 0.15) is 16.2 Å². The van der Waals surface area contributed by atoms with Crippen molar-refractivity contribution < 1.29 is 14.0 Å². The van der Waals surface area contributed by atoms with E-state index in [9.17, 15) is 9.59 Å². The fourth-order valence-electron chi connectivity index (χ4n) is 3.11. The van der Waals surface area contributed by atoms with Gasteiger partial charge in [-0.2, -0.15) is 0 Å². The minimum Gasteiger partial charge on any atom is -0.459 e. The fraction of sp³-hybridized carbons (Fsp3) is 0.368. The van der Waals surface area contributed by atoms with Gasteiger partial charge in [0.05, 0.1) is 12.0 Å². The van der Waals surface area contributed by atoms with Gasteiger partial charge in [-0.25, -0.2) is 9.97 Å². The monoisotopic (exact) mass is 416 g/mol. The van der Waals surface area contributed by atoms with Crippen molar-refractivity contribution in [2.45, 2.75) is 18.4 Å². The maximum atomic E-state index is 12.6. The maximum absolute atomic E-state index is 12.6. The van der Waals surface area contributed by atoms with Crippen molar-refractivity contribution >= 4 is 45.1 Å². The molecular weight excluding hydrogens is 396 g/mol. The van der Waals surface area contributed by atoms with Crippen molar-refractivity contribution in [3.63, 3.8) is 0 Å². The van der Waals surface area contributed by atoms with Gasteiger partial charge in [0.25, 0.3) is 5.91 Å². The van der Waals surface area contributed by atoms with Crippen molar-refractivity contribution in [1.29, 1.82) is 0 Å². The number of carbonyl (C=O) groups excluding carboxylic acids is 2. The van der Waals surface area contributed by atoms with Crippen molar-refractivity contribution in [1.82, 2.24) is 19.8 Å². The topological polar surface area (TPSA) is 79.5 Å². The van der Waals surface area contributed by atoms with E-state index in [1.54, 1.807) is 34.7 Å². The highest BCUT2D eigenvalue weighted by Gasteiger charge is 2.26. The molecule has 4 rings (SSSR count).